The third kappa shape index (κ3) is 4.23. The Bertz CT molecular complexity index is 361. The quantitative estimate of drug-likeness (QED) is 0.461. The zero-order valence-electron chi connectivity index (χ0n) is 9.56. The fourth-order valence-corrected chi connectivity index (χ4v) is 1.17. The van der Waals surface area contributed by atoms with E-state index in [0.29, 0.717) is 18.7 Å². The Labute approximate surface area is 95.3 Å². The molecule has 1 aromatic rings. The number of methoxy groups -OCH3 is 1. The van der Waals surface area contributed by atoms with Gasteiger partial charge in [-0.1, -0.05) is 12.1 Å². The topological polar surface area (TPSA) is 51.2 Å². The van der Waals surface area contributed by atoms with Crippen LogP contribution in [0.2, 0.25) is 0 Å². The molecule has 4 heteroatoms. The van der Waals surface area contributed by atoms with E-state index in [4.69, 9.17) is 0 Å². The Kier molecular flexibility index (Phi) is 5.22. The highest BCUT2D eigenvalue weighted by atomic mass is 16.5. The smallest absolute Gasteiger partial charge is 0.333 e. The minimum Gasteiger partial charge on any atom is -0.466 e. The van der Waals surface area contributed by atoms with Crippen LogP contribution in [0.1, 0.15) is 12.6 Å². The number of ether oxygens (including phenoxy) is 1. The molecule has 0 aliphatic carbocycles. The molecule has 0 aromatic carbocycles. The number of carbonyl (C=O) groups is 1. The zero-order valence-corrected chi connectivity index (χ0v) is 9.56. The summed E-state index contributed by atoms with van der Waals surface area (Å²) >= 11 is 0. The molecule has 1 heterocycles. The molecule has 0 atom stereocenters. The summed E-state index contributed by atoms with van der Waals surface area (Å²) in [6.07, 6.45) is 3.56. The average Bonchev–Trinajstić information content (AvgIpc) is 2.34. The lowest BCUT2D eigenvalue weighted by Crippen LogP contribution is -2.15. The third-order valence-corrected chi connectivity index (χ3v) is 2.09. The standard InChI is InChI=1S/C12H16N2O2/c1-10(12(15)16-2)6-8-13-9-11-5-3-4-7-14-11/h3-7,13H,8-9H2,1-2H3/b10-6+. The maximum absolute atomic E-state index is 11.0. The van der Waals surface area contributed by atoms with Gasteiger partial charge in [0, 0.05) is 24.9 Å². The van der Waals surface area contributed by atoms with Crippen LogP contribution >= 0.6 is 0 Å². The van der Waals surface area contributed by atoms with Gasteiger partial charge in [0.25, 0.3) is 0 Å². The second-order valence-electron chi connectivity index (χ2n) is 3.33. The Morgan fingerprint density at radius 2 is 2.38 bits per heavy atom. The molecule has 0 radical (unpaired) electrons. The highest BCUT2D eigenvalue weighted by molar-refractivity contribution is 5.87. The van der Waals surface area contributed by atoms with Crippen molar-refractivity contribution in [3.05, 3.63) is 41.7 Å². The Morgan fingerprint density at radius 3 is 3.00 bits per heavy atom. The van der Waals surface area contributed by atoms with Gasteiger partial charge in [0.15, 0.2) is 0 Å². The fraction of sp³-hybridized carbons (Fsp3) is 0.333. The monoisotopic (exact) mass is 220 g/mol. The second kappa shape index (κ2) is 6.74. The number of nitrogens with zero attached hydrogens (tertiary/aromatic N) is 1. The first kappa shape index (κ1) is 12.4. The van der Waals surface area contributed by atoms with Crippen LogP contribution in [0.4, 0.5) is 0 Å². The van der Waals surface area contributed by atoms with Crippen molar-refractivity contribution in [3.63, 3.8) is 0 Å². The molecule has 0 saturated heterocycles. The van der Waals surface area contributed by atoms with E-state index in [1.165, 1.54) is 7.11 Å². The highest BCUT2D eigenvalue weighted by Crippen LogP contribution is 1.95. The van der Waals surface area contributed by atoms with Gasteiger partial charge in [-0.05, 0) is 19.1 Å². The fourth-order valence-electron chi connectivity index (χ4n) is 1.17. The number of hydrogen-bond acceptors (Lipinski definition) is 4. The van der Waals surface area contributed by atoms with E-state index < -0.39 is 0 Å². The molecule has 16 heavy (non-hydrogen) atoms. The van der Waals surface area contributed by atoms with E-state index in [2.05, 4.69) is 15.0 Å². The lowest BCUT2D eigenvalue weighted by atomic mass is 10.3. The number of hydrogen-bond donors (Lipinski definition) is 1. The molecular weight excluding hydrogens is 204 g/mol. The lowest BCUT2D eigenvalue weighted by Gasteiger charge is -2.02. The number of esters is 1. The van der Waals surface area contributed by atoms with Crippen LogP contribution in [0.3, 0.4) is 0 Å². The van der Waals surface area contributed by atoms with Crippen molar-refractivity contribution in [1.29, 1.82) is 0 Å². The third-order valence-electron chi connectivity index (χ3n) is 2.09. The number of nitrogens with one attached hydrogen (secondary N) is 1. The number of rotatable bonds is 5. The zero-order chi connectivity index (χ0) is 11.8. The molecule has 0 saturated carbocycles. The molecule has 1 aromatic heterocycles. The highest BCUT2D eigenvalue weighted by Gasteiger charge is 2.00. The maximum atomic E-state index is 11.0. The van der Waals surface area contributed by atoms with Gasteiger partial charge in [0.05, 0.1) is 12.8 Å². The van der Waals surface area contributed by atoms with Gasteiger partial charge in [-0.25, -0.2) is 4.79 Å². The van der Waals surface area contributed by atoms with Crippen molar-refractivity contribution in [2.45, 2.75) is 13.5 Å². The Morgan fingerprint density at radius 1 is 1.56 bits per heavy atom. The Balaban J connectivity index is 2.29. The Hall–Kier alpha value is -1.68. The average molecular weight is 220 g/mol. The van der Waals surface area contributed by atoms with E-state index in [-0.39, 0.29) is 5.97 Å². The number of pyridine rings is 1. The summed E-state index contributed by atoms with van der Waals surface area (Å²) in [7, 11) is 1.38. The number of aromatic nitrogens is 1. The van der Waals surface area contributed by atoms with E-state index >= 15 is 0 Å². The van der Waals surface area contributed by atoms with E-state index in [0.717, 1.165) is 5.69 Å². The van der Waals surface area contributed by atoms with Gasteiger partial charge in [-0.3, -0.25) is 4.98 Å². The molecule has 0 unspecified atom stereocenters. The lowest BCUT2D eigenvalue weighted by molar-refractivity contribution is -0.136. The van der Waals surface area contributed by atoms with Crippen LogP contribution < -0.4 is 5.32 Å². The molecular formula is C12H16N2O2. The van der Waals surface area contributed by atoms with Crippen LogP contribution in [0.15, 0.2) is 36.0 Å². The summed E-state index contributed by atoms with van der Waals surface area (Å²) < 4.78 is 4.58. The summed E-state index contributed by atoms with van der Waals surface area (Å²) in [5.41, 5.74) is 1.59. The van der Waals surface area contributed by atoms with Crippen LogP contribution in [0.25, 0.3) is 0 Å². The number of carbonyl (C=O) groups excluding carboxylic acids is 1. The van der Waals surface area contributed by atoms with Crippen LogP contribution in [-0.2, 0) is 16.1 Å². The summed E-state index contributed by atoms with van der Waals surface area (Å²) in [5.74, 6) is -0.292. The summed E-state index contributed by atoms with van der Waals surface area (Å²) in [5, 5.41) is 3.16. The van der Waals surface area contributed by atoms with Gasteiger partial charge in [0.1, 0.15) is 0 Å². The van der Waals surface area contributed by atoms with E-state index in [1.54, 1.807) is 19.2 Å². The predicted octanol–water partition coefficient (Wildman–Crippen LogP) is 1.29. The van der Waals surface area contributed by atoms with Gasteiger partial charge < -0.3 is 10.1 Å². The minimum atomic E-state index is -0.292. The van der Waals surface area contributed by atoms with Crippen molar-refractivity contribution in [1.82, 2.24) is 10.3 Å². The molecule has 0 bridgehead atoms. The van der Waals surface area contributed by atoms with Crippen molar-refractivity contribution in [2.24, 2.45) is 0 Å². The van der Waals surface area contributed by atoms with Gasteiger partial charge in [-0.2, -0.15) is 0 Å². The molecule has 0 amide bonds. The maximum Gasteiger partial charge on any atom is 0.333 e. The van der Waals surface area contributed by atoms with Gasteiger partial charge >= 0.3 is 5.97 Å². The van der Waals surface area contributed by atoms with E-state index in [1.807, 2.05) is 18.2 Å². The molecule has 1 N–H and O–H groups in total. The molecule has 4 nitrogen and oxygen atoms in total. The van der Waals surface area contributed by atoms with Gasteiger partial charge in [0.2, 0.25) is 0 Å². The van der Waals surface area contributed by atoms with Crippen LogP contribution in [0, 0.1) is 0 Å². The molecule has 0 aliphatic rings. The van der Waals surface area contributed by atoms with E-state index in [9.17, 15) is 4.79 Å². The first-order chi connectivity index (χ1) is 7.74. The molecule has 0 aliphatic heterocycles. The van der Waals surface area contributed by atoms with Gasteiger partial charge in [-0.15, -0.1) is 0 Å². The SMILES string of the molecule is COC(=O)/C(C)=C/CNCc1ccccn1. The largest absolute Gasteiger partial charge is 0.466 e. The predicted molar refractivity (Wildman–Crippen MR) is 61.7 cm³/mol. The van der Waals surface area contributed by atoms with Crippen molar-refractivity contribution in [2.75, 3.05) is 13.7 Å². The molecule has 1 rings (SSSR count). The molecule has 0 fully saturated rings. The summed E-state index contributed by atoms with van der Waals surface area (Å²) in [4.78, 5) is 15.2. The van der Waals surface area contributed by atoms with Crippen molar-refractivity contribution in [3.8, 4) is 0 Å². The van der Waals surface area contributed by atoms with Crippen LogP contribution in [0.5, 0.6) is 0 Å². The van der Waals surface area contributed by atoms with Crippen LogP contribution in [-0.4, -0.2) is 24.6 Å². The normalized spacial score (nSPS) is 11.2. The summed E-state index contributed by atoms with van der Waals surface area (Å²) in [6.45, 7) is 3.04. The molecule has 0 spiro atoms. The first-order valence-electron chi connectivity index (χ1n) is 5.09. The minimum absolute atomic E-state index is 0.292. The first-order valence-corrected chi connectivity index (χ1v) is 5.09. The summed E-state index contributed by atoms with van der Waals surface area (Å²) in [6, 6.07) is 5.77. The van der Waals surface area contributed by atoms with Crippen molar-refractivity contribution < 1.29 is 9.53 Å². The van der Waals surface area contributed by atoms with Crippen molar-refractivity contribution >= 4 is 5.97 Å². The second-order valence-corrected chi connectivity index (χ2v) is 3.33. The molecule has 86 valence electrons.